The lowest BCUT2D eigenvalue weighted by Gasteiger charge is -2.11. The Morgan fingerprint density at radius 1 is 1.38 bits per heavy atom. The Hall–Kier alpha value is -1.56. The van der Waals surface area contributed by atoms with E-state index in [9.17, 15) is 13.2 Å². The van der Waals surface area contributed by atoms with Gasteiger partial charge in [-0.25, -0.2) is 13.2 Å². The molecule has 0 unspecified atom stereocenters. The van der Waals surface area contributed by atoms with Crippen LogP contribution in [-0.2, 0) is 10.9 Å². The number of hydrogen-bond donors (Lipinski definition) is 2. The molecular formula is C7H7N2O3S. The van der Waals surface area contributed by atoms with Gasteiger partial charge in [0, 0.05) is 0 Å². The third-order valence-corrected chi connectivity index (χ3v) is 2.07. The summed E-state index contributed by atoms with van der Waals surface area (Å²) in [6.45, 7) is 0. The molecule has 0 bridgehead atoms. The molecular weight excluding hydrogens is 192 g/mol. The van der Waals surface area contributed by atoms with Gasteiger partial charge in [0.2, 0.25) is 10.9 Å². The van der Waals surface area contributed by atoms with Crippen molar-refractivity contribution in [3.8, 4) is 0 Å². The number of nitrogens with zero attached hydrogens (tertiary/aromatic N) is 1. The van der Waals surface area contributed by atoms with Gasteiger partial charge in [0.25, 0.3) is 0 Å². The van der Waals surface area contributed by atoms with Gasteiger partial charge in [0.15, 0.2) is 0 Å². The lowest BCUT2D eigenvalue weighted by Crippen LogP contribution is -2.34. The zero-order valence-corrected chi connectivity index (χ0v) is 7.40. The molecule has 69 valence electrons. The summed E-state index contributed by atoms with van der Waals surface area (Å²) in [7, 11) is -3.03. The van der Waals surface area contributed by atoms with Crippen molar-refractivity contribution in [3.63, 3.8) is 0 Å². The molecule has 5 nitrogen and oxygen atoms in total. The number of rotatable bonds is 2. The van der Waals surface area contributed by atoms with Crippen LogP contribution in [0.1, 0.15) is 0 Å². The molecule has 1 rings (SSSR count). The van der Waals surface area contributed by atoms with Crippen molar-refractivity contribution in [1.29, 1.82) is 0 Å². The highest BCUT2D eigenvalue weighted by molar-refractivity contribution is 7.75. The van der Waals surface area contributed by atoms with Crippen molar-refractivity contribution < 1.29 is 13.2 Å². The van der Waals surface area contributed by atoms with E-state index in [1.54, 1.807) is 0 Å². The molecule has 0 saturated heterocycles. The van der Waals surface area contributed by atoms with E-state index in [4.69, 9.17) is 5.73 Å². The number of primary amides is 1. The lowest BCUT2D eigenvalue weighted by molar-refractivity contribution is 0.257. The van der Waals surface area contributed by atoms with Gasteiger partial charge in [-0.3, -0.25) is 0 Å². The predicted molar refractivity (Wildman–Crippen MR) is 47.7 cm³/mol. The second-order valence-corrected chi connectivity index (χ2v) is 3.02. The molecule has 0 aliphatic heterocycles. The van der Waals surface area contributed by atoms with Crippen LogP contribution in [0.2, 0.25) is 0 Å². The summed E-state index contributed by atoms with van der Waals surface area (Å²) in [6, 6.07) is 7.50. The van der Waals surface area contributed by atoms with Crippen molar-refractivity contribution in [2.45, 2.75) is 0 Å². The molecule has 0 spiro atoms. The van der Waals surface area contributed by atoms with Crippen molar-refractivity contribution >= 4 is 22.6 Å². The largest absolute Gasteiger partial charge is 0.350 e. The quantitative estimate of drug-likeness (QED) is 0.652. The molecule has 6 heteroatoms. The number of thiol groups is 1. The van der Waals surface area contributed by atoms with Gasteiger partial charge in [-0.1, -0.05) is 12.1 Å². The van der Waals surface area contributed by atoms with Gasteiger partial charge < -0.3 is 5.73 Å². The SMILES string of the molecule is NC(=O)N(c1cc[c]cc1)[SH](=O)=O. The summed E-state index contributed by atoms with van der Waals surface area (Å²) in [4.78, 5) is 10.7. The van der Waals surface area contributed by atoms with E-state index >= 15 is 0 Å². The van der Waals surface area contributed by atoms with Crippen molar-refractivity contribution in [2.24, 2.45) is 5.73 Å². The Bertz CT molecular complexity index is 367. The van der Waals surface area contributed by atoms with E-state index in [0.717, 1.165) is 0 Å². The molecule has 0 saturated carbocycles. The number of urea groups is 1. The molecule has 1 aromatic carbocycles. The molecule has 0 aliphatic carbocycles. The maximum Gasteiger partial charge on any atom is 0.333 e. The Morgan fingerprint density at radius 3 is 2.31 bits per heavy atom. The zero-order chi connectivity index (χ0) is 9.84. The Labute approximate surface area is 76.9 Å². The highest BCUT2D eigenvalue weighted by atomic mass is 32.2. The number of amides is 2. The standard InChI is InChI=1S/C7H7N2O3S/c8-7(10)9(13(11)12)6-4-2-1-3-5-6/h2-5,13H,(H2,8,10). The Balaban J connectivity index is 3.10. The maximum atomic E-state index is 10.7. The number of anilines is 1. The van der Waals surface area contributed by atoms with Crippen LogP contribution in [0.15, 0.2) is 24.3 Å². The van der Waals surface area contributed by atoms with Crippen LogP contribution in [0.3, 0.4) is 0 Å². The third kappa shape index (κ3) is 2.19. The number of carbonyl (C=O) groups excluding carboxylic acids is 1. The minimum atomic E-state index is -3.03. The van der Waals surface area contributed by atoms with Gasteiger partial charge in [-0.2, -0.15) is 4.31 Å². The first-order valence-electron chi connectivity index (χ1n) is 3.33. The fourth-order valence-electron chi connectivity index (χ4n) is 0.821. The van der Waals surface area contributed by atoms with Crippen molar-refractivity contribution in [3.05, 3.63) is 30.3 Å². The van der Waals surface area contributed by atoms with Crippen molar-refractivity contribution in [1.82, 2.24) is 0 Å². The molecule has 0 heterocycles. The molecule has 0 aromatic heterocycles. The average molecular weight is 199 g/mol. The number of carbonyl (C=O) groups is 1. The molecule has 13 heavy (non-hydrogen) atoms. The van der Waals surface area contributed by atoms with Crippen LogP contribution in [0, 0.1) is 6.07 Å². The highest BCUT2D eigenvalue weighted by Gasteiger charge is 2.13. The normalized spacial score (nSPS) is 9.92. The Morgan fingerprint density at radius 2 is 1.92 bits per heavy atom. The summed E-state index contributed by atoms with van der Waals surface area (Å²) in [6.07, 6.45) is 0. The van der Waals surface area contributed by atoms with Gasteiger partial charge in [-0.15, -0.1) is 0 Å². The molecule has 1 aromatic rings. The van der Waals surface area contributed by atoms with E-state index in [0.29, 0.717) is 4.31 Å². The summed E-state index contributed by atoms with van der Waals surface area (Å²) in [5, 5.41) is 0. The first-order chi connectivity index (χ1) is 6.13. The fraction of sp³-hybridized carbons (Fsp3) is 0. The minimum absolute atomic E-state index is 0.211. The van der Waals surface area contributed by atoms with Crippen LogP contribution in [0.25, 0.3) is 0 Å². The second-order valence-electron chi connectivity index (χ2n) is 2.15. The van der Waals surface area contributed by atoms with Crippen LogP contribution < -0.4 is 10.0 Å². The van der Waals surface area contributed by atoms with Gasteiger partial charge >= 0.3 is 6.03 Å². The maximum absolute atomic E-state index is 10.7. The number of hydrogen-bond acceptors (Lipinski definition) is 3. The molecule has 0 atom stereocenters. The summed E-state index contributed by atoms with van der Waals surface area (Å²) in [5.74, 6) is 0. The molecule has 0 fully saturated rings. The molecule has 0 aliphatic rings. The van der Waals surface area contributed by atoms with Gasteiger partial charge in [0.1, 0.15) is 0 Å². The number of nitrogens with two attached hydrogens (primary N) is 1. The zero-order valence-electron chi connectivity index (χ0n) is 6.51. The first kappa shape index (κ1) is 9.53. The number of benzene rings is 1. The molecule has 2 amide bonds. The van der Waals surface area contributed by atoms with Gasteiger partial charge in [0.05, 0.1) is 5.69 Å². The van der Waals surface area contributed by atoms with Crippen LogP contribution >= 0.6 is 0 Å². The van der Waals surface area contributed by atoms with Crippen molar-refractivity contribution in [2.75, 3.05) is 4.31 Å². The molecule has 2 N–H and O–H groups in total. The topological polar surface area (TPSA) is 80.5 Å². The Kier molecular flexibility index (Phi) is 2.86. The lowest BCUT2D eigenvalue weighted by atomic mass is 10.3. The summed E-state index contributed by atoms with van der Waals surface area (Å²) >= 11 is 0. The summed E-state index contributed by atoms with van der Waals surface area (Å²) < 4.78 is 21.7. The highest BCUT2D eigenvalue weighted by Crippen LogP contribution is 2.11. The molecule has 1 radical (unpaired) electrons. The minimum Gasteiger partial charge on any atom is -0.350 e. The monoisotopic (exact) mass is 199 g/mol. The smallest absolute Gasteiger partial charge is 0.333 e. The van der Waals surface area contributed by atoms with Crippen LogP contribution in [0.4, 0.5) is 10.5 Å². The van der Waals surface area contributed by atoms with E-state index in [1.165, 1.54) is 24.3 Å². The third-order valence-electron chi connectivity index (χ3n) is 1.32. The van der Waals surface area contributed by atoms with E-state index in [2.05, 4.69) is 6.07 Å². The first-order valence-corrected chi connectivity index (χ1v) is 4.46. The van der Waals surface area contributed by atoms with Gasteiger partial charge in [-0.05, 0) is 18.2 Å². The van der Waals surface area contributed by atoms with Crippen LogP contribution in [-0.4, -0.2) is 14.4 Å². The second kappa shape index (κ2) is 3.90. The van der Waals surface area contributed by atoms with E-state index < -0.39 is 16.9 Å². The average Bonchev–Trinajstić information content (AvgIpc) is 2.04. The predicted octanol–water partition coefficient (Wildman–Crippen LogP) is -0.102. The summed E-state index contributed by atoms with van der Waals surface area (Å²) in [5.41, 5.74) is 5.07. The fourth-order valence-corrected chi connectivity index (χ4v) is 1.30. The van der Waals surface area contributed by atoms with E-state index in [-0.39, 0.29) is 5.69 Å². The van der Waals surface area contributed by atoms with E-state index in [1.807, 2.05) is 0 Å². The van der Waals surface area contributed by atoms with Crippen LogP contribution in [0.5, 0.6) is 0 Å².